The molecular formula is C30H30BrNO6. The van der Waals surface area contributed by atoms with Crippen molar-refractivity contribution in [2.24, 2.45) is 0 Å². The lowest BCUT2D eigenvalue weighted by Gasteiger charge is -2.19. The number of carbonyl (C=O) groups excluding carboxylic acids is 2. The number of carbonyl (C=O) groups is 2. The summed E-state index contributed by atoms with van der Waals surface area (Å²) in [5, 5.41) is 3.75. The number of hydrogen-bond acceptors (Lipinski definition) is 6. The Balaban J connectivity index is 1.57. The maximum atomic E-state index is 12.1. The van der Waals surface area contributed by atoms with E-state index in [-0.39, 0.29) is 12.4 Å². The third-order valence-corrected chi connectivity index (χ3v) is 6.16. The van der Waals surface area contributed by atoms with Crippen molar-refractivity contribution in [3.8, 4) is 16.9 Å². The maximum absolute atomic E-state index is 12.1. The van der Waals surface area contributed by atoms with Gasteiger partial charge in [0, 0.05) is 27.5 Å². The summed E-state index contributed by atoms with van der Waals surface area (Å²) < 4.78 is 23.0. The molecule has 38 heavy (non-hydrogen) atoms. The number of rotatable bonds is 8. The van der Waals surface area contributed by atoms with Crippen LogP contribution in [0.25, 0.3) is 22.1 Å². The van der Waals surface area contributed by atoms with Crippen LogP contribution in [0.15, 0.2) is 75.8 Å². The minimum absolute atomic E-state index is 0.120. The largest absolute Gasteiger partial charge is 0.489 e. The van der Waals surface area contributed by atoms with E-state index in [1.54, 1.807) is 6.26 Å². The van der Waals surface area contributed by atoms with Crippen molar-refractivity contribution in [2.75, 3.05) is 7.11 Å². The Morgan fingerprint density at radius 3 is 2.58 bits per heavy atom. The van der Waals surface area contributed by atoms with E-state index in [1.807, 2.05) is 81.4 Å². The zero-order valence-electron chi connectivity index (χ0n) is 21.8. The first kappa shape index (κ1) is 27.3. The van der Waals surface area contributed by atoms with Crippen molar-refractivity contribution in [1.82, 2.24) is 5.32 Å². The Morgan fingerprint density at radius 2 is 1.82 bits per heavy atom. The molecule has 3 aromatic carbocycles. The SMILES string of the molecule is COC(=O)Cc1ccc(Br)cc1OCc1cc(-c2cccc(CNC(=O)OC(C)(C)C)c2)c2occc2c1. The molecule has 4 aromatic rings. The van der Waals surface area contributed by atoms with Crippen molar-refractivity contribution in [2.45, 2.75) is 45.9 Å². The highest BCUT2D eigenvalue weighted by atomic mass is 79.9. The van der Waals surface area contributed by atoms with Crippen molar-refractivity contribution in [3.05, 3.63) is 88.1 Å². The van der Waals surface area contributed by atoms with Crippen LogP contribution in [0.1, 0.15) is 37.5 Å². The lowest BCUT2D eigenvalue weighted by molar-refractivity contribution is -0.139. The molecule has 0 spiro atoms. The third kappa shape index (κ3) is 7.16. The van der Waals surface area contributed by atoms with Gasteiger partial charge in [0.05, 0.1) is 19.8 Å². The van der Waals surface area contributed by atoms with Gasteiger partial charge in [0.2, 0.25) is 0 Å². The Morgan fingerprint density at radius 1 is 1.00 bits per heavy atom. The van der Waals surface area contributed by atoms with Crippen LogP contribution in [0, 0.1) is 0 Å². The molecule has 0 aliphatic rings. The number of furan rings is 1. The van der Waals surface area contributed by atoms with Crippen LogP contribution in [0.3, 0.4) is 0 Å². The number of ether oxygens (including phenoxy) is 3. The van der Waals surface area contributed by atoms with Gasteiger partial charge in [-0.1, -0.05) is 40.2 Å². The van der Waals surface area contributed by atoms with Gasteiger partial charge in [0.15, 0.2) is 0 Å². The molecule has 1 aromatic heterocycles. The van der Waals surface area contributed by atoms with Crippen LogP contribution in [-0.4, -0.2) is 24.8 Å². The van der Waals surface area contributed by atoms with E-state index in [0.29, 0.717) is 18.9 Å². The fraction of sp³-hybridized carbons (Fsp3) is 0.267. The fourth-order valence-corrected chi connectivity index (χ4v) is 4.32. The number of benzene rings is 3. The summed E-state index contributed by atoms with van der Waals surface area (Å²) in [6.07, 6.45) is 1.32. The van der Waals surface area contributed by atoms with Crippen LogP contribution in [-0.2, 0) is 33.8 Å². The highest BCUT2D eigenvalue weighted by Gasteiger charge is 2.16. The lowest BCUT2D eigenvalue weighted by Crippen LogP contribution is -2.32. The van der Waals surface area contributed by atoms with Crippen LogP contribution in [0.5, 0.6) is 5.75 Å². The quantitative estimate of drug-likeness (QED) is 0.222. The van der Waals surface area contributed by atoms with Gasteiger partial charge in [0.1, 0.15) is 23.5 Å². The number of amides is 1. The summed E-state index contributed by atoms with van der Waals surface area (Å²) in [5.41, 5.74) is 4.68. The van der Waals surface area contributed by atoms with Gasteiger partial charge in [-0.2, -0.15) is 0 Å². The van der Waals surface area contributed by atoms with Gasteiger partial charge >= 0.3 is 12.1 Å². The van der Waals surface area contributed by atoms with Gasteiger partial charge in [-0.25, -0.2) is 4.79 Å². The molecule has 8 heteroatoms. The molecule has 0 unspecified atom stereocenters. The monoisotopic (exact) mass is 579 g/mol. The van der Waals surface area contributed by atoms with E-state index in [1.165, 1.54) is 7.11 Å². The first-order chi connectivity index (χ1) is 18.1. The van der Waals surface area contributed by atoms with E-state index in [0.717, 1.165) is 43.3 Å². The second kappa shape index (κ2) is 11.7. The highest BCUT2D eigenvalue weighted by molar-refractivity contribution is 9.10. The van der Waals surface area contributed by atoms with Crippen molar-refractivity contribution in [3.63, 3.8) is 0 Å². The number of esters is 1. The van der Waals surface area contributed by atoms with Gasteiger partial charge in [-0.15, -0.1) is 0 Å². The van der Waals surface area contributed by atoms with Crippen LogP contribution in [0.4, 0.5) is 4.79 Å². The topological polar surface area (TPSA) is 87.0 Å². The summed E-state index contributed by atoms with van der Waals surface area (Å²) >= 11 is 3.48. The van der Waals surface area contributed by atoms with Crippen LogP contribution >= 0.6 is 15.9 Å². The second-order valence-corrected chi connectivity index (χ2v) is 10.7. The van der Waals surface area contributed by atoms with Gasteiger partial charge < -0.3 is 23.9 Å². The number of fused-ring (bicyclic) bond motifs is 1. The zero-order chi connectivity index (χ0) is 27.3. The molecule has 0 aliphatic heterocycles. The third-order valence-electron chi connectivity index (χ3n) is 5.67. The van der Waals surface area contributed by atoms with Crippen molar-refractivity contribution < 1.29 is 28.2 Å². The first-order valence-corrected chi connectivity index (χ1v) is 12.9. The molecule has 0 radical (unpaired) electrons. The summed E-state index contributed by atoms with van der Waals surface area (Å²) in [6.45, 7) is 6.11. The molecule has 1 heterocycles. The number of hydrogen-bond donors (Lipinski definition) is 1. The molecular weight excluding hydrogens is 550 g/mol. The highest BCUT2D eigenvalue weighted by Crippen LogP contribution is 2.33. The molecule has 1 N–H and O–H groups in total. The Kier molecular flexibility index (Phi) is 8.42. The van der Waals surface area contributed by atoms with E-state index in [9.17, 15) is 9.59 Å². The molecule has 1 amide bonds. The molecule has 0 bridgehead atoms. The Bertz CT molecular complexity index is 1450. The fourth-order valence-electron chi connectivity index (χ4n) is 3.98. The summed E-state index contributed by atoms with van der Waals surface area (Å²) in [4.78, 5) is 23.9. The molecule has 0 atom stereocenters. The first-order valence-electron chi connectivity index (χ1n) is 12.2. The predicted octanol–water partition coefficient (Wildman–Crippen LogP) is 7.18. The molecule has 0 aliphatic carbocycles. The summed E-state index contributed by atoms with van der Waals surface area (Å²) in [6, 6.07) is 19.4. The summed E-state index contributed by atoms with van der Waals surface area (Å²) in [7, 11) is 1.37. The molecule has 0 saturated heterocycles. The Hall–Kier alpha value is -3.78. The van der Waals surface area contributed by atoms with Gasteiger partial charge in [-0.05, 0) is 73.9 Å². The molecule has 0 saturated carbocycles. The molecule has 198 valence electrons. The smallest absolute Gasteiger partial charge is 0.407 e. The number of methoxy groups -OCH3 is 1. The lowest BCUT2D eigenvalue weighted by atomic mass is 9.99. The van der Waals surface area contributed by atoms with Gasteiger partial charge in [-0.3, -0.25) is 4.79 Å². The maximum Gasteiger partial charge on any atom is 0.407 e. The minimum Gasteiger partial charge on any atom is -0.489 e. The van der Waals surface area contributed by atoms with Crippen molar-refractivity contribution in [1.29, 1.82) is 0 Å². The summed E-state index contributed by atoms with van der Waals surface area (Å²) in [5.74, 6) is 0.272. The average Bonchev–Trinajstić information content (AvgIpc) is 3.35. The van der Waals surface area contributed by atoms with E-state index >= 15 is 0 Å². The van der Waals surface area contributed by atoms with Crippen molar-refractivity contribution >= 4 is 39.0 Å². The molecule has 0 fully saturated rings. The minimum atomic E-state index is -0.560. The normalized spacial score (nSPS) is 11.3. The predicted molar refractivity (Wildman–Crippen MR) is 149 cm³/mol. The number of nitrogens with one attached hydrogen (secondary N) is 1. The number of alkyl carbamates (subject to hydrolysis) is 1. The standard InChI is InChI=1S/C30H30BrNO6/c1-30(2,3)38-29(34)32-17-19-6-5-7-21(12-19)25-14-20(13-23-10-11-36-28(23)25)18-37-26-16-24(31)9-8-22(26)15-27(33)35-4/h5-14,16H,15,17-18H2,1-4H3,(H,32,34). The van der Waals surface area contributed by atoms with Crippen LogP contribution in [0.2, 0.25) is 0 Å². The van der Waals surface area contributed by atoms with E-state index in [2.05, 4.69) is 21.2 Å². The van der Waals surface area contributed by atoms with E-state index < -0.39 is 11.7 Å². The van der Waals surface area contributed by atoms with Crippen LogP contribution < -0.4 is 10.1 Å². The average molecular weight is 580 g/mol. The zero-order valence-corrected chi connectivity index (χ0v) is 23.4. The molecule has 4 rings (SSSR count). The second-order valence-electron chi connectivity index (χ2n) is 9.83. The van der Waals surface area contributed by atoms with Gasteiger partial charge in [0.25, 0.3) is 0 Å². The molecule has 7 nitrogen and oxygen atoms in total. The van der Waals surface area contributed by atoms with E-state index in [4.69, 9.17) is 18.6 Å². The Labute approximate surface area is 230 Å². The number of halogens is 1.